The predicted molar refractivity (Wildman–Crippen MR) is 231 cm³/mol. The molecule has 0 spiro atoms. The second-order valence-corrected chi connectivity index (χ2v) is 15.3. The van der Waals surface area contributed by atoms with Gasteiger partial charge in [-0.2, -0.15) is 0 Å². The minimum Gasteiger partial charge on any atom is -0.321 e. The summed E-state index contributed by atoms with van der Waals surface area (Å²) in [4.78, 5) is 10.2. The van der Waals surface area contributed by atoms with Crippen LogP contribution < -0.4 is 9.80 Å². The van der Waals surface area contributed by atoms with E-state index in [0.29, 0.717) is 0 Å². The molecule has 5 heteroatoms. The molecule has 10 rings (SSSR count). The van der Waals surface area contributed by atoms with Gasteiger partial charge in [-0.3, -0.25) is 4.57 Å². The number of hydrogen-bond acceptors (Lipinski definition) is 3. The SMILES string of the molecule is Cc1cc(C)c(N2CN(c3cccc(-n4c5ccccc5c5ccc(-c6nc7ccccc7n6-c6c(C)cc(C)cc6C)cc54)c3)c3ccccc32)c(C)c1. The molecule has 0 radical (unpaired) electrons. The van der Waals surface area contributed by atoms with Crippen molar-refractivity contribution in [1.82, 2.24) is 14.1 Å². The maximum Gasteiger partial charge on any atom is 0.145 e. The van der Waals surface area contributed by atoms with Crippen LogP contribution in [-0.4, -0.2) is 20.8 Å². The summed E-state index contributed by atoms with van der Waals surface area (Å²) in [6, 6.07) is 51.1. The molecule has 3 heterocycles. The Morgan fingerprint density at radius 2 is 1.02 bits per heavy atom. The maximum absolute atomic E-state index is 5.31. The smallest absolute Gasteiger partial charge is 0.145 e. The van der Waals surface area contributed by atoms with E-state index < -0.39 is 0 Å². The Morgan fingerprint density at radius 3 is 1.75 bits per heavy atom. The number of benzene rings is 7. The van der Waals surface area contributed by atoms with Crippen molar-refractivity contribution in [2.75, 3.05) is 16.5 Å². The van der Waals surface area contributed by atoms with Crippen molar-refractivity contribution in [3.8, 4) is 22.8 Å². The Balaban J connectivity index is 1.15. The van der Waals surface area contributed by atoms with E-state index in [-0.39, 0.29) is 0 Å². The second-order valence-electron chi connectivity index (χ2n) is 15.3. The molecule has 268 valence electrons. The van der Waals surface area contributed by atoms with E-state index in [1.807, 2.05) is 0 Å². The molecule has 0 unspecified atom stereocenters. The number of aryl methyl sites for hydroxylation is 6. The van der Waals surface area contributed by atoms with E-state index in [9.17, 15) is 0 Å². The average Bonchev–Trinajstić information content (AvgIpc) is 3.84. The molecular weight excluding hydrogens is 671 g/mol. The number of rotatable bonds is 5. The number of imidazole rings is 1. The van der Waals surface area contributed by atoms with Crippen LogP contribution >= 0.6 is 0 Å². The van der Waals surface area contributed by atoms with Crippen molar-refractivity contribution in [1.29, 1.82) is 0 Å². The van der Waals surface area contributed by atoms with Crippen LogP contribution in [0.2, 0.25) is 0 Å². The number of fused-ring (bicyclic) bond motifs is 5. The molecule has 2 aromatic heterocycles. The normalized spacial score (nSPS) is 12.8. The molecule has 0 amide bonds. The summed E-state index contributed by atoms with van der Waals surface area (Å²) in [5, 5.41) is 2.45. The molecule has 0 N–H and O–H groups in total. The monoisotopic (exact) mass is 713 g/mol. The number of hydrogen-bond donors (Lipinski definition) is 0. The number of aromatic nitrogens is 3. The Kier molecular flexibility index (Phi) is 7.50. The molecule has 0 atom stereocenters. The van der Waals surface area contributed by atoms with Crippen molar-refractivity contribution in [3.05, 3.63) is 173 Å². The number of anilines is 4. The highest BCUT2D eigenvalue weighted by atomic mass is 15.4. The summed E-state index contributed by atoms with van der Waals surface area (Å²) >= 11 is 0. The van der Waals surface area contributed by atoms with Gasteiger partial charge in [-0.25, -0.2) is 4.98 Å². The van der Waals surface area contributed by atoms with Crippen molar-refractivity contribution in [3.63, 3.8) is 0 Å². The second kappa shape index (κ2) is 12.5. The zero-order chi connectivity index (χ0) is 37.5. The van der Waals surface area contributed by atoms with Crippen LogP contribution in [0.15, 0.2) is 140 Å². The third-order valence-electron chi connectivity index (χ3n) is 11.4. The van der Waals surface area contributed by atoms with Crippen LogP contribution in [0.25, 0.3) is 55.6 Å². The van der Waals surface area contributed by atoms with Crippen molar-refractivity contribution >= 4 is 55.6 Å². The summed E-state index contributed by atoms with van der Waals surface area (Å²) < 4.78 is 4.79. The van der Waals surface area contributed by atoms with E-state index in [4.69, 9.17) is 4.98 Å². The minimum absolute atomic E-state index is 0.735. The first kappa shape index (κ1) is 33.0. The zero-order valence-corrected chi connectivity index (χ0v) is 32.2. The Hall–Kier alpha value is -6.59. The van der Waals surface area contributed by atoms with Crippen molar-refractivity contribution in [2.24, 2.45) is 0 Å². The van der Waals surface area contributed by atoms with Gasteiger partial charge in [-0.05, 0) is 118 Å². The van der Waals surface area contributed by atoms with Crippen LogP contribution in [0.4, 0.5) is 22.7 Å². The largest absolute Gasteiger partial charge is 0.321 e. The first-order valence-electron chi connectivity index (χ1n) is 19.2. The minimum atomic E-state index is 0.735. The van der Waals surface area contributed by atoms with E-state index in [2.05, 4.69) is 200 Å². The third kappa shape index (κ3) is 5.18. The summed E-state index contributed by atoms with van der Waals surface area (Å²) in [6.07, 6.45) is 0. The van der Waals surface area contributed by atoms with Crippen LogP contribution in [0.1, 0.15) is 33.4 Å². The third-order valence-corrected chi connectivity index (χ3v) is 11.4. The van der Waals surface area contributed by atoms with Gasteiger partial charge in [0.2, 0.25) is 0 Å². The molecule has 55 heavy (non-hydrogen) atoms. The first-order chi connectivity index (χ1) is 26.7. The predicted octanol–water partition coefficient (Wildman–Crippen LogP) is 12.9. The standard InChI is InChI=1S/C50H43N5/c1-31-24-33(3)48(34(4)25-31)53-30-52(45-20-11-12-21-46(45)53)38-14-13-15-39(29-38)54-43-18-9-7-16-40(43)41-23-22-37(28-47(41)54)50-51-42-17-8-10-19-44(42)55(50)49-35(5)26-32(2)27-36(49)6/h7-29H,30H2,1-6H3. The summed E-state index contributed by atoms with van der Waals surface area (Å²) in [7, 11) is 0. The van der Waals surface area contributed by atoms with Gasteiger partial charge in [0.05, 0.1) is 39.1 Å². The Morgan fingerprint density at radius 1 is 0.436 bits per heavy atom. The van der Waals surface area contributed by atoms with Gasteiger partial charge in [-0.15, -0.1) is 0 Å². The zero-order valence-electron chi connectivity index (χ0n) is 32.2. The fourth-order valence-electron chi connectivity index (χ4n) is 9.38. The number of nitrogens with zero attached hydrogens (tertiary/aromatic N) is 5. The van der Waals surface area contributed by atoms with Gasteiger partial charge in [0, 0.05) is 33.4 Å². The highest BCUT2D eigenvalue weighted by Gasteiger charge is 2.30. The fraction of sp³-hybridized carbons (Fsp3) is 0.140. The highest BCUT2D eigenvalue weighted by Crippen LogP contribution is 2.47. The van der Waals surface area contributed by atoms with E-state index in [0.717, 1.165) is 46.0 Å². The van der Waals surface area contributed by atoms with Crippen LogP contribution in [0.5, 0.6) is 0 Å². The summed E-state index contributed by atoms with van der Waals surface area (Å²) in [6.45, 7) is 14.0. The molecule has 0 saturated heterocycles. The van der Waals surface area contributed by atoms with Gasteiger partial charge >= 0.3 is 0 Å². The van der Waals surface area contributed by atoms with Gasteiger partial charge in [-0.1, -0.05) is 96.1 Å². The van der Waals surface area contributed by atoms with E-state index in [1.165, 1.54) is 72.4 Å². The topological polar surface area (TPSA) is 29.2 Å². The van der Waals surface area contributed by atoms with Crippen molar-refractivity contribution < 1.29 is 0 Å². The molecular formula is C50H43N5. The molecule has 9 aromatic rings. The van der Waals surface area contributed by atoms with Crippen LogP contribution in [-0.2, 0) is 0 Å². The number of para-hydroxylation sites is 5. The molecule has 0 saturated carbocycles. The van der Waals surface area contributed by atoms with Gasteiger partial charge in [0.15, 0.2) is 0 Å². The van der Waals surface area contributed by atoms with Crippen LogP contribution in [0.3, 0.4) is 0 Å². The lowest BCUT2D eigenvalue weighted by Gasteiger charge is -2.26. The van der Waals surface area contributed by atoms with Crippen molar-refractivity contribution in [2.45, 2.75) is 41.5 Å². The average molecular weight is 714 g/mol. The molecule has 5 nitrogen and oxygen atoms in total. The highest BCUT2D eigenvalue weighted by molar-refractivity contribution is 6.10. The van der Waals surface area contributed by atoms with Gasteiger partial charge < -0.3 is 14.4 Å². The first-order valence-corrected chi connectivity index (χ1v) is 19.2. The maximum atomic E-state index is 5.31. The molecule has 0 bridgehead atoms. The molecule has 7 aromatic carbocycles. The quantitative estimate of drug-likeness (QED) is 0.178. The van der Waals surface area contributed by atoms with Gasteiger partial charge in [0.1, 0.15) is 12.5 Å². The summed E-state index contributed by atoms with van der Waals surface area (Å²) in [5.41, 5.74) is 20.3. The van der Waals surface area contributed by atoms with E-state index in [1.54, 1.807) is 0 Å². The summed E-state index contributed by atoms with van der Waals surface area (Å²) in [5.74, 6) is 0.944. The fourth-order valence-corrected chi connectivity index (χ4v) is 9.38. The lowest BCUT2D eigenvalue weighted by atomic mass is 10.0. The molecule has 1 aliphatic rings. The molecule has 0 fully saturated rings. The van der Waals surface area contributed by atoms with E-state index >= 15 is 0 Å². The molecule has 0 aliphatic carbocycles. The Labute approximate surface area is 322 Å². The van der Waals surface area contributed by atoms with Gasteiger partial charge in [0.25, 0.3) is 0 Å². The Bertz CT molecular complexity index is 2950. The lowest BCUT2D eigenvalue weighted by Crippen LogP contribution is -2.25. The lowest BCUT2D eigenvalue weighted by molar-refractivity contribution is 0.977. The van der Waals surface area contributed by atoms with Crippen LogP contribution in [0, 0.1) is 41.5 Å². The molecule has 1 aliphatic heterocycles.